The first kappa shape index (κ1) is 22.8. The molecule has 2 N–H and O–H groups in total. The van der Waals surface area contributed by atoms with Gasteiger partial charge in [-0.2, -0.15) is 5.10 Å². The van der Waals surface area contributed by atoms with Crippen molar-refractivity contribution in [3.8, 4) is 11.5 Å². The van der Waals surface area contributed by atoms with E-state index in [1.807, 2.05) is 31.2 Å². The van der Waals surface area contributed by atoms with E-state index in [-0.39, 0.29) is 11.3 Å². The molecule has 0 aliphatic heterocycles. The van der Waals surface area contributed by atoms with Gasteiger partial charge in [-0.1, -0.05) is 41.4 Å². The Balaban J connectivity index is 1.78. The van der Waals surface area contributed by atoms with Crippen LogP contribution >= 0.6 is 11.6 Å². The summed E-state index contributed by atoms with van der Waals surface area (Å²) < 4.78 is 10.4. The molecule has 7 nitrogen and oxygen atoms in total. The summed E-state index contributed by atoms with van der Waals surface area (Å²) >= 11 is 6.07. The normalized spacial score (nSPS) is 10.6. The summed E-state index contributed by atoms with van der Waals surface area (Å²) in [5.74, 6) is -0.0219. The summed E-state index contributed by atoms with van der Waals surface area (Å²) in [6.07, 6.45) is 1.54. The second kappa shape index (κ2) is 10.5. The minimum atomic E-state index is -0.515. The number of methoxy groups -OCH3 is 2. The molecule has 0 spiro atoms. The number of carbonyl (C=O) groups excluding carboxylic acids is 2. The highest BCUT2D eigenvalue weighted by Crippen LogP contribution is 2.28. The molecule has 0 saturated carbocycles. The Kier molecular flexibility index (Phi) is 7.46. The van der Waals surface area contributed by atoms with Gasteiger partial charge in [-0.05, 0) is 48.9 Å². The fourth-order valence-electron chi connectivity index (χ4n) is 2.96. The predicted molar refractivity (Wildman–Crippen MR) is 125 cm³/mol. The maximum Gasteiger partial charge on any atom is 0.273 e. The third-order valence-corrected chi connectivity index (χ3v) is 4.78. The molecule has 0 heterocycles. The average Bonchev–Trinajstić information content (AvgIpc) is 2.79. The number of hydrogen-bond donors (Lipinski definition) is 2. The number of hydrogen-bond acceptors (Lipinski definition) is 5. The molecular formula is C24H22ClN3O4. The third-order valence-electron chi connectivity index (χ3n) is 4.54. The van der Waals surface area contributed by atoms with Crippen LogP contribution in [-0.2, 0) is 0 Å². The first-order valence-corrected chi connectivity index (χ1v) is 10.0. The molecule has 8 heteroatoms. The second-order valence-corrected chi connectivity index (χ2v) is 7.26. The molecule has 3 rings (SSSR count). The quantitative estimate of drug-likeness (QED) is 0.403. The summed E-state index contributed by atoms with van der Waals surface area (Å²) in [6, 6.07) is 17.0. The Hall–Kier alpha value is -3.84. The number of aryl methyl sites for hydroxylation is 1. The molecule has 0 aliphatic carbocycles. The van der Waals surface area contributed by atoms with Crippen LogP contribution in [-0.4, -0.2) is 32.2 Å². The van der Waals surface area contributed by atoms with E-state index in [4.69, 9.17) is 21.1 Å². The van der Waals surface area contributed by atoms with Crippen LogP contribution in [0.5, 0.6) is 11.5 Å². The number of nitrogens with one attached hydrogen (secondary N) is 2. The van der Waals surface area contributed by atoms with Crippen molar-refractivity contribution in [1.29, 1.82) is 0 Å². The molecule has 0 unspecified atom stereocenters. The number of hydrazone groups is 1. The zero-order valence-electron chi connectivity index (χ0n) is 17.8. The topological polar surface area (TPSA) is 89.0 Å². The monoisotopic (exact) mass is 451 g/mol. The summed E-state index contributed by atoms with van der Waals surface area (Å²) in [4.78, 5) is 25.5. The highest BCUT2D eigenvalue weighted by Gasteiger charge is 2.16. The van der Waals surface area contributed by atoms with Crippen molar-refractivity contribution < 1.29 is 19.1 Å². The van der Waals surface area contributed by atoms with Crippen LogP contribution in [0.4, 0.5) is 5.69 Å². The number of carbonyl (C=O) groups is 2. The minimum Gasteiger partial charge on any atom is -0.493 e. The van der Waals surface area contributed by atoms with E-state index >= 15 is 0 Å². The molecular weight excluding hydrogens is 430 g/mol. The number of nitrogens with zero attached hydrogens (tertiary/aromatic N) is 1. The van der Waals surface area contributed by atoms with E-state index in [2.05, 4.69) is 15.8 Å². The average molecular weight is 452 g/mol. The summed E-state index contributed by atoms with van der Waals surface area (Å²) in [5, 5.41) is 7.08. The predicted octanol–water partition coefficient (Wildman–Crippen LogP) is 4.68. The largest absolute Gasteiger partial charge is 0.493 e. The van der Waals surface area contributed by atoms with E-state index in [9.17, 15) is 9.59 Å². The van der Waals surface area contributed by atoms with Gasteiger partial charge in [0.2, 0.25) is 0 Å². The van der Waals surface area contributed by atoms with Gasteiger partial charge in [0.15, 0.2) is 11.5 Å². The third kappa shape index (κ3) is 5.65. The Morgan fingerprint density at radius 2 is 1.72 bits per heavy atom. The van der Waals surface area contributed by atoms with Crippen LogP contribution in [0, 0.1) is 6.92 Å². The SMILES string of the molecule is COc1ccc(C(=O)Nc2ccc(Cl)cc2C(=O)N/N=C/c2cccc(C)c2)cc1OC. The van der Waals surface area contributed by atoms with Crippen molar-refractivity contribution in [2.24, 2.45) is 5.10 Å². The van der Waals surface area contributed by atoms with E-state index in [0.29, 0.717) is 22.1 Å². The fourth-order valence-corrected chi connectivity index (χ4v) is 3.13. The highest BCUT2D eigenvalue weighted by atomic mass is 35.5. The molecule has 0 fully saturated rings. The van der Waals surface area contributed by atoms with Crippen molar-refractivity contribution in [2.75, 3.05) is 19.5 Å². The van der Waals surface area contributed by atoms with Gasteiger partial charge in [0.05, 0.1) is 31.7 Å². The van der Waals surface area contributed by atoms with Crippen LogP contribution in [0.15, 0.2) is 65.8 Å². The van der Waals surface area contributed by atoms with Gasteiger partial charge in [0, 0.05) is 10.6 Å². The zero-order chi connectivity index (χ0) is 23.1. The number of benzene rings is 3. The van der Waals surface area contributed by atoms with Gasteiger partial charge in [-0.15, -0.1) is 0 Å². The number of halogens is 1. The van der Waals surface area contributed by atoms with Crippen molar-refractivity contribution in [3.05, 3.63) is 87.9 Å². The Labute approximate surface area is 191 Å². The van der Waals surface area contributed by atoms with Gasteiger partial charge >= 0.3 is 0 Å². The van der Waals surface area contributed by atoms with Crippen molar-refractivity contribution in [1.82, 2.24) is 5.43 Å². The standard InChI is InChI=1S/C24H22ClN3O4/c1-15-5-4-6-16(11-15)14-26-28-24(30)19-13-18(25)8-9-20(19)27-23(29)17-7-10-21(31-2)22(12-17)32-3/h4-14H,1-3H3,(H,27,29)(H,28,30)/b26-14+. The van der Waals surface area contributed by atoms with Crippen LogP contribution in [0.3, 0.4) is 0 Å². The minimum absolute atomic E-state index is 0.174. The Bertz CT molecular complexity index is 1180. The molecule has 0 radical (unpaired) electrons. The van der Waals surface area contributed by atoms with Crippen molar-refractivity contribution in [3.63, 3.8) is 0 Å². The van der Waals surface area contributed by atoms with E-state index in [1.54, 1.807) is 30.3 Å². The van der Waals surface area contributed by atoms with Gasteiger partial charge in [-0.25, -0.2) is 5.43 Å². The number of anilines is 1. The molecule has 0 saturated heterocycles. The number of amides is 2. The lowest BCUT2D eigenvalue weighted by molar-refractivity contribution is 0.0956. The van der Waals surface area contributed by atoms with E-state index in [1.165, 1.54) is 26.5 Å². The van der Waals surface area contributed by atoms with E-state index in [0.717, 1.165) is 11.1 Å². The summed E-state index contributed by atoms with van der Waals surface area (Å²) in [5.41, 5.74) is 5.19. The van der Waals surface area contributed by atoms with Crippen LogP contribution in [0.25, 0.3) is 0 Å². The molecule has 0 aliphatic rings. The van der Waals surface area contributed by atoms with Gasteiger partial charge < -0.3 is 14.8 Å². The second-order valence-electron chi connectivity index (χ2n) is 6.83. The fraction of sp³-hybridized carbons (Fsp3) is 0.125. The number of rotatable bonds is 7. The molecule has 3 aromatic rings. The molecule has 0 bridgehead atoms. The lowest BCUT2D eigenvalue weighted by Gasteiger charge is -2.12. The molecule has 2 amide bonds. The number of ether oxygens (including phenoxy) is 2. The van der Waals surface area contributed by atoms with Crippen LogP contribution < -0.4 is 20.2 Å². The van der Waals surface area contributed by atoms with E-state index < -0.39 is 11.8 Å². The van der Waals surface area contributed by atoms with Gasteiger partial charge in [-0.3, -0.25) is 9.59 Å². The molecule has 0 aromatic heterocycles. The Morgan fingerprint density at radius 3 is 2.44 bits per heavy atom. The highest BCUT2D eigenvalue weighted by molar-refractivity contribution is 6.31. The van der Waals surface area contributed by atoms with Crippen molar-refractivity contribution >= 4 is 35.3 Å². The van der Waals surface area contributed by atoms with Gasteiger partial charge in [0.25, 0.3) is 11.8 Å². The lowest BCUT2D eigenvalue weighted by atomic mass is 10.1. The van der Waals surface area contributed by atoms with Crippen LogP contribution in [0.2, 0.25) is 5.02 Å². The van der Waals surface area contributed by atoms with Gasteiger partial charge in [0.1, 0.15) is 0 Å². The first-order chi connectivity index (χ1) is 15.4. The van der Waals surface area contributed by atoms with Crippen molar-refractivity contribution in [2.45, 2.75) is 6.92 Å². The summed E-state index contributed by atoms with van der Waals surface area (Å²) in [6.45, 7) is 1.97. The molecule has 164 valence electrons. The maximum atomic E-state index is 12.8. The first-order valence-electron chi connectivity index (χ1n) is 9.64. The zero-order valence-corrected chi connectivity index (χ0v) is 18.6. The summed E-state index contributed by atoms with van der Waals surface area (Å²) in [7, 11) is 3.00. The molecule has 0 atom stereocenters. The lowest BCUT2D eigenvalue weighted by Crippen LogP contribution is -2.21. The smallest absolute Gasteiger partial charge is 0.273 e. The maximum absolute atomic E-state index is 12.8. The molecule has 32 heavy (non-hydrogen) atoms. The van der Waals surface area contributed by atoms with Crippen LogP contribution in [0.1, 0.15) is 31.8 Å². The Morgan fingerprint density at radius 1 is 0.938 bits per heavy atom. The molecule has 3 aromatic carbocycles.